The van der Waals surface area contributed by atoms with Crippen molar-refractivity contribution >= 4 is 11.8 Å². The Balaban J connectivity index is 2.07. The molecule has 1 unspecified atom stereocenters. The molecular formula is C15H21F3N2S. The zero-order valence-electron chi connectivity index (χ0n) is 12.1. The molecule has 2 nitrogen and oxygen atoms in total. The van der Waals surface area contributed by atoms with Gasteiger partial charge >= 0.3 is 5.51 Å². The zero-order valence-corrected chi connectivity index (χ0v) is 12.9. The molecule has 0 amide bonds. The summed E-state index contributed by atoms with van der Waals surface area (Å²) >= 11 is -0.0824. The maximum Gasteiger partial charge on any atom is 0.446 e. The van der Waals surface area contributed by atoms with Gasteiger partial charge in [-0.05, 0) is 49.3 Å². The average molecular weight is 318 g/mol. The highest BCUT2D eigenvalue weighted by Gasteiger charge is 2.29. The van der Waals surface area contributed by atoms with E-state index in [-0.39, 0.29) is 22.7 Å². The summed E-state index contributed by atoms with van der Waals surface area (Å²) in [5.41, 5.74) is 2.63. The first-order valence-corrected chi connectivity index (χ1v) is 8.00. The predicted molar refractivity (Wildman–Crippen MR) is 80.2 cm³/mol. The monoisotopic (exact) mass is 318 g/mol. The van der Waals surface area contributed by atoms with E-state index in [1.807, 2.05) is 0 Å². The zero-order chi connectivity index (χ0) is 15.5. The number of benzene rings is 1. The Morgan fingerprint density at radius 3 is 2.29 bits per heavy atom. The standard InChI is InChI=1S/C15H21F3N2S/c1-20(12-4-2-3-5-12)14(10-19)11-6-8-13(9-7-11)21-15(16,17)18/h6-9,12,14H,2-5,10,19H2,1H3. The summed E-state index contributed by atoms with van der Waals surface area (Å²) in [7, 11) is 2.06. The van der Waals surface area contributed by atoms with Crippen molar-refractivity contribution in [2.24, 2.45) is 5.73 Å². The summed E-state index contributed by atoms with van der Waals surface area (Å²) in [5.74, 6) is 0. The molecule has 0 heterocycles. The van der Waals surface area contributed by atoms with Gasteiger partial charge in [-0.15, -0.1) is 0 Å². The number of halogens is 3. The third kappa shape index (κ3) is 4.63. The lowest BCUT2D eigenvalue weighted by atomic mass is 10.0. The highest BCUT2D eigenvalue weighted by Crippen LogP contribution is 2.37. The maximum absolute atomic E-state index is 12.3. The molecule has 0 bridgehead atoms. The van der Waals surface area contributed by atoms with Crippen LogP contribution in [0.2, 0.25) is 0 Å². The summed E-state index contributed by atoms with van der Waals surface area (Å²) in [6.45, 7) is 0.471. The summed E-state index contributed by atoms with van der Waals surface area (Å²) in [6.07, 6.45) is 4.84. The minimum Gasteiger partial charge on any atom is -0.329 e. The largest absolute Gasteiger partial charge is 0.446 e. The summed E-state index contributed by atoms with van der Waals surface area (Å²) in [6, 6.07) is 7.17. The number of alkyl halides is 3. The second-order valence-electron chi connectivity index (χ2n) is 5.47. The first-order chi connectivity index (χ1) is 9.90. The van der Waals surface area contributed by atoms with E-state index in [4.69, 9.17) is 5.73 Å². The lowest BCUT2D eigenvalue weighted by Crippen LogP contribution is -2.37. The molecule has 2 rings (SSSR count). The van der Waals surface area contributed by atoms with Gasteiger partial charge in [0.2, 0.25) is 0 Å². The summed E-state index contributed by atoms with van der Waals surface area (Å²) in [4.78, 5) is 2.49. The van der Waals surface area contributed by atoms with Gasteiger partial charge in [0, 0.05) is 23.5 Å². The second kappa shape index (κ2) is 7.03. The molecule has 2 N–H and O–H groups in total. The number of thioether (sulfide) groups is 1. The molecule has 0 radical (unpaired) electrons. The Labute approximate surface area is 127 Å². The summed E-state index contributed by atoms with van der Waals surface area (Å²) < 4.78 is 37.0. The minimum atomic E-state index is -4.24. The van der Waals surface area contributed by atoms with E-state index in [9.17, 15) is 13.2 Å². The molecule has 0 aromatic heterocycles. The van der Waals surface area contributed by atoms with Gasteiger partial charge in [0.1, 0.15) is 0 Å². The molecule has 6 heteroatoms. The minimum absolute atomic E-state index is 0.0676. The quantitative estimate of drug-likeness (QED) is 0.826. The van der Waals surface area contributed by atoms with Gasteiger partial charge in [-0.1, -0.05) is 25.0 Å². The topological polar surface area (TPSA) is 29.3 Å². The molecule has 0 spiro atoms. The van der Waals surface area contributed by atoms with Crippen LogP contribution in [0.4, 0.5) is 13.2 Å². The van der Waals surface area contributed by atoms with Gasteiger partial charge in [-0.2, -0.15) is 13.2 Å². The van der Waals surface area contributed by atoms with Gasteiger partial charge in [0.05, 0.1) is 0 Å². The van der Waals surface area contributed by atoms with Crippen LogP contribution in [-0.2, 0) is 0 Å². The Bertz CT molecular complexity index is 441. The lowest BCUT2D eigenvalue weighted by Gasteiger charge is -2.32. The maximum atomic E-state index is 12.3. The summed E-state index contributed by atoms with van der Waals surface area (Å²) in [5, 5.41) is 0. The van der Waals surface area contributed by atoms with Crippen molar-refractivity contribution < 1.29 is 13.2 Å². The van der Waals surface area contributed by atoms with E-state index in [1.165, 1.54) is 37.8 Å². The van der Waals surface area contributed by atoms with Crippen LogP contribution in [0.3, 0.4) is 0 Å². The second-order valence-corrected chi connectivity index (χ2v) is 6.61. The van der Waals surface area contributed by atoms with Crippen LogP contribution in [0.5, 0.6) is 0 Å². The van der Waals surface area contributed by atoms with E-state index < -0.39 is 5.51 Å². The van der Waals surface area contributed by atoms with E-state index in [2.05, 4.69) is 11.9 Å². The number of nitrogens with zero attached hydrogens (tertiary/aromatic N) is 1. The Hall–Kier alpha value is -0.720. The van der Waals surface area contributed by atoms with E-state index in [1.54, 1.807) is 12.1 Å². The van der Waals surface area contributed by atoms with E-state index >= 15 is 0 Å². The Kier molecular flexibility index (Phi) is 5.57. The number of rotatable bonds is 5. The van der Waals surface area contributed by atoms with Crippen molar-refractivity contribution in [1.29, 1.82) is 0 Å². The molecule has 1 fully saturated rings. The first-order valence-electron chi connectivity index (χ1n) is 7.18. The predicted octanol–water partition coefficient (Wildman–Crippen LogP) is 4.17. The number of hydrogen-bond acceptors (Lipinski definition) is 3. The molecule has 1 aromatic carbocycles. The SMILES string of the molecule is CN(C1CCCC1)C(CN)c1ccc(SC(F)(F)F)cc1. The van der Waals surface area contributed by atoms with Crippen LogP contribution >= 0.6 is 11.8 Å². The van der Waals surface area contributed by atoms with Crippen molar-refractivity contribution in [3.8, 4) is 0 Å². The van der Waals surface area contributed by atoms with Crippen molar-refractivity contribution in [3.05, 3.63) is 29.8 Å². The lowest BCUT2D eigenvalue weighted by molar-refractivity contribution is -0.0328. The molecular weight excluding hydrogens is 297 g/mol. The van der Waals surface area contributed by atoms with Crippen molar-refractivity contribution in [3.63, 3.8) is 0 Å². The molecule has 118 valence electrons. The highest BCUT2D eigenvalue weighted by atomic mass is 32.2. The van der Waals surface area contributed by atoms with Crippen LogP contribution in [0.1, 0.15) is 37.3 Å². The van der Waals surface area contributed by atoms with Crippen LogP contribution < -0.4 is 5.73 Å². The van der Waals surface area contributed by atoms with Crippen molar-refractivity contribution in [2.75, 3.05) is 13.6 Å². The third-order valence-electron chi connectivity index (χ3n) is 4.11. The van der Waals surface area contributed by atoms with Crippen molar-refractivity contribution in [1.82, 2.24) is 4.90 Å². The Morgan fingerprint density at radius 1 is 1.24 bits per heavy atom. The highest BCUT2D eigenvalue weighted by molar-refractivity contribution is 8.00. The fraction of sp³-hybridized carbons (Fsp3) is 0.600. The van der Waals surface area contributed by atoms with Crippen LogP contribution in [0.25, 0.3) is 0 Å². The molecule has 21 heavy (non-hydrogen) atoms. The molecule has 0 aliphatic heterocycles. The fourth-order valence-electron chi connectivity index (χ4n) is 3.00. The van der Waals surface area contributed by atoms with Gasteiger partial charge in [-0.3, -0.25) is 4.90 Å². The normalized spacial score (nSPS) is 18.4. The van der Waals surface area contributed by atoms with Crippen LogP contribution in [0, 0.1) is 0 Å². The van der Waals surface area contributed by atoms with Crippen LogP contribution in [-0.4, -0.2) is 30.0 Å². The van der Waals surface area contributed by atoms with Gasteiger partial charge < -0.3 is 5.73 Å². The first kappa shape index (κ1) is 16.6. The third-order valence-corrected chi connectivity index (χ3v) is 4.85. The molecule has 1 aliphatic carbocycles. The number of hydrogen-bond donors (Lipinski definition) is 1. The molecule has 1 aromatic rings. The number of nitrogens with two attached hydrogens (primary N) is 1. The molecule has 0 saturated heterocycles. The fourth-order valence-corrected chi connectivity index (χ4v) is 3.53. The van der Waals surface area contributed by atoms with Crippen LogP contribution in [0.15, 0.2) is 29.2 Å². The average Bonchev–Trinajstić information content (AvgIpc) is 2.93. The molecule has 1 aliphatic rings. The van der Waals surface area contributed by atoms with Gasteiger partial charge in [-0.25, -0.2) is 0 Å². The van der Waals surface area contributed by atoms with Gasteiger partial charge in [0.15, 0.2) is 0 Å². The van der Waals surface area contributed by atoms with Gasteiger partial charge in [0.25, 0.3) is 0 Å². The van der Waals surface area contributed by atoms with E-state index in [0.717, 1.165) is 5.56 Å². The Morgan fingerprint density at radius 2 is 1.81 bits per heavy atom. The smallest absolute Gasteiger partial charge is 0.329 e. The molecule has 1 saturated carbocycles. The van der Waals surface area contributed by atoms with Crippen molar-refractivity contribution in [2.45, 2.75) is 48.2 Å². The molecule has 1 atom stereocenters. The van der Waals surface area contributed by atoms with E-state index in [0.29, 0.717) is 12.6 Å². The number of likely N-dealkylation sites (N-methyl/N-ethyl adjacent to an activating group) is 1.